The Kier molecular flexibility index (Phi) is 3.99. The van der Waals surface area contributed by atoms with E-state index < -0.39 is 6.10 Å². The van der Waals surface area contributed by atoms with Crippen LogP contribution in [0.15, 0.2) is 24.3 Å². The molecule has 1 aromatic carbocycles. The molecular formula is C17H20FN3O3. The number of likely N-dealkylation sites (tertiary alicyclic amines) is 1. The van der Waals surface area contributed by atoms with Crippen molar-refractivity contribution < 1.29 is 19.0 Å². The standard InChI is InChI=1S/C17H20FN3O3/c18-12-1-2-13-11(7-12)8-14(19-13)17(23)21-9-15(16(22)10-21)20-3-5-24-6-4-20/h1-2,7-8,15-16,19,22H,3-6,9-10H2/t15-,16-/m1/s1. The molecule has 0 saturated carbocycles. The highest BCUT2D eigenvalue weighted by molar-refractivity contribution is 5.98. The first-order valence-corrected chi connectivity index (χ1v) is 8.19. The number of H-pyrrole nitrogens is 1. The van der Waals surface area contributed by atoms with Crippen LogP contribution in [-0.2, 0) is 4.74 Å². The van der Waals surface area contributed by atoms with Crippen LogP contribution in [0.5, 0.6) is 0 Å². The summed E-state index contributed by atoms with van der Waals surface area (Å²) in [5.74, 6) is -0.495. The van der Waals surface area contributed by atoms with Crippen molar-refractivity contribution in [2.45, 2.75) is 12.1 Å². The number of morpholine rings is 1. The molecular weight excluding hydrogens is 313 g/mol. The lowest BCUT2D eigenvalue weighted by atomic mass is 10.1. The first-order valence-electron chi connectivity index (χ1n) is 8.19. The SMILES string of the molecule is O=C(c1cc2cc(F)ccc2[nH]1)N1C[C@@H](O)[C@H](N2CCOCC2)C1. The van der Waals surface area contributed by atoms with Crippen molar-refractivity contribution in [2.75, 3.05) is 39.4 Å². The van der Waals surface area contributed by atoms with E-state index in [4.69, 9.17) is 4.74 Å². The Labute approximate surface area is 138 Å². The normalized spacial score (nSPS) is 25.5. The summed E-state index contributed by atoms with van der Waals surface area (Å²) in [6, 6.07) is 5.99. The number of aliphatic hydroxyl groups excluding tert-OH is 1. The van der Waals surface area contributed by atoms with Gasteiger partial charge in [0.15, 0.2) is 0 Å². The van der Waals surface area contributed by atoms with Gasteiger partial charge >= 0.3 is 0 Å². The molecule has 2 saturated heterocycles. The number of hydrogen-bond acceptors (Lipinski definition) is 4. The molecule has 7 heteroatoms. The Bertz CT molecular complexity index is 757. The van der Waals surface area contributed by atoms with Gasteiger partial charge in [0.2, 0.25) is 0 Å². The van der Waals surface area contributed by atoms with Crippen LogP contribution < -0.4 is 0 Å². The topological polar surface area (TPSA) is 68.8 Å². The second-order valence-corrected chi connectivity index (χ2v) is 6.41. The molecule has 6 nitrogen and oxygen atoms in total. The minimum Gasteiger partial charge on any atom is -0.390 e. The fourth-order valence-corrected chi connectivity index (χ4v) is 3.59. The molecule has 1 amide bonds. The number of amides is 1. The Hall–Kier alpha value is -1.96. The first-order chi connectivity index (χ1) is 11.6. The molecule has 3 heterocycles. The molecule has 0 spiro atoms. The van der Waals surface area contributed by atoms with Gasteiger partial charge in [-0.15, -0.1) is 0 Å². The summed E-state index contributed by atoms with van der Waals surface area (Å²) in [6.45, 7) is 3.66. The molecule has 4 rings (SSSR count). The van der Waals surface area contributed by atoms with Crippen molar-refractivity contribution in [3.8, 4) is 0 Å². The molecule has 0 aliphatic carbocycles. The van der Waals surface area contributed by atoms with Crippen LogP contribution in [0.4, 0.5) is 4.39 Å². The number of benzene rings is 1. The number of nitrogens with zero attached hydrogens (tertiary/aromatic N) is 2. The second kappa shape index (κ2) is 6.16. The van der Waals surface area contributed by atoms with E-state index in [0.29, 0.717) is 37.4 Å². The van der Waals surface area contributed by atoms with Gasteiger partial charge in [0.05, 0.1) is 25.4 Å². The summed E-state index contributed by atoms with van der Waals surface area (Å²) in [7, 11) is 0. The number of carbonyl (C=O) groups is 1. The van der Waals surface area contributed by atoms with E-state index in [9.17, 15) is 14.3 Å². The highest BCUT2D eigenvalue weighted by Gasteiger charge is 2.38. The van der Waals surface area contributed by atoms with Gasteiger partial charge in [-0.2, -0.15) is 0 Å². The van der Waals surface area contributed by atoms with Crippen molar-refractivity contribution in [1.29, 1.82) is 0 Å². The first kappa shape index (κ1) is 15.6. The van der Waals surface area contributed by atoms with Gasteiger partial charge in [-0.1, -0.05) is 0 Å². The third-order valence-corrected chi connectivity index (χ3v) is 4.87. The maximum absolute atomic E-state index is 13.3. The van der Waals surface area contributed by atoms with E-state index in [-0.39, 0.29) is 17.8 Å². The molecule has 2 aliphatic heterocycles. The number of aromatic amines is 1. The number of aliphatic hydroxyl groups is 1. The average molecular weight is 333 g/mol. The summed E-state index contributed by atoms with van der Waals surface area (Å²) in [5, 5.41) is 11.0. The van der Waals surface area contributed by atoms with Crippen LogP contribution in [0.1, 0.15) is 10.5 Å². The fraction of sp³-hybridized carbons (Fsp3) is 0.471. The quantitative estimate of drug-likeness (QED) is 0.854. The molecule has 1 aromatic heterocycles. The maximum Gasteiger partial charge on any atom is 0.270 e. The van der Waals surface area contributed by atoms with E-state index in [2.05, 4.69) is 9.88 Å². The van der Waals surface area contributed by atoms with Gasteiger partial charge in [-0.25, -0.2) is 4.39 Å². The highest BCUT2D eigenvalue weighted by Crippen LogP contribution is 2.22. The predicted octanol–water partition coefficient (Wildman–Crippen LogP) is 0.824. The summed E-state index contributed by atoms with van der Waals surface area (Å²) in [6.07, 6.45) is -0.561. The lowest BCUT2D eigenvalue weighted by Gasteiger charge is -2.33. The third-order valence-electron chi connectivity index (χ3n) is 4.87. The van der Waals surface area contributed by atoms with Gasteiger partial charge in [-0.05, 0) is 24.3 Å². The van der Waals surface area contributed by atoms with Gasteiger partial charge in [0.25, 0.3) is 5.91 Å². The van der Waals surface area contributed by atoms with Gasteiger partial charge < -0.3 is 19.7 Å². The van der Waals surface area contributed by atoms with Crippen LogP contribution in [-0.4, -0.2) is 77.3 Å². The highest BCUT2D eigenvalue weighted by atomic mass is 19.1. The number of rotatable bonds is 2. The zero-order chi connectivity index (χ0) is 16.7. The van der Waals surface area contributed by atoms with Crippen LogP contribution in [0, 0.1) is 5.82 Å². The number of carbonyl (C=O) groups excluding carboxylic acids is 1. The number of fused-ring (bicyclic) bond motifs is 1. The van der Waals surface area contributed by atoms with Gasteiger partial charge in [0.1, 0.15) is 11.5 Å². The number of nitrogens with one attached hydrogen (secondary N) is 1. The molecule has 128 valence electrons. The Morgan fingerprint density at radius 3 is 2.83 bits per heavy atom. The van der Waals surface area contributed by atoms with E-state index >= 15 is 0 Å². The Morgan fingerprint density at radius 1 is 1.25 bits per heavy atom. The van der Waals surface area contributed by atoms with E-state index in [1.807, 2.05) is 0 Å². The van der Waals surface area contributed by atoms with Gasteiger partial charge in [0, 0.05) is 37.1 Å². The van der Waals surface area contributed by atoms with Crippen LogP contribution >= 0.6 is 0 Å². The number of ether oxygens (including phenoxy) is 1. The van der Waals surface area contributed by atoms with Crippen LogP contribution in [0.2, 0.25) is 0 Å². The molecule has 2 aromatic rings. The molecule has 2 N–H and O–H groups in total. The van der Waals surface area contributed by atoms with Gasteiger partial charge in [-0.3, -0.25) is 9.69 Å². The zero-order valence-corrected chi connectivity index (χ0v) is 13.2. The van der Waals surface area contributed by atoms with E-state index in [0.717, 1.165) is 18.6 Å². The number of halogens is 1. The summed E-state index contributed by atoms with van der Waals surface area (Å²) in [5.41, 5.74) is 1.15. The van der Waals surface area contributed by atoms with Crippen molar-refractivity contribution >= 4 is 16.8 Å². The van der Waals surface area contributed by atoms with E-state index in [1.54, 1.807) is 17.0 Å². The van der Waals surface area contributed by atoms with E-state index in [1.165, 1.54) is 12.1 Å². The third kappa shape index (κ3) is 2.79. The molecule has 0 unspecified atom stereocenters. The summed E-state index contributed by atoms with van der Waals surface area (Å²) in [4.78, 5) is 19.6. The Balaban J connectivity index is 1.51. The minimum absolute atomic E-state index is 0.0559. The van der Waals surface area contributed by atoms with Crippen molar-refractivity contribution in [3.63, 3.8) is 0 Å². The number of hydrogen-bond donors (Lipinski definition) is 2. The molecule has 0 radical (unpaired) electrons. The van der Waals surface area contributed by atoms with Crippen molar-refractivity contribution in [3.05, 3.63) is 35.8 Å². The minimum atomic E-state index is -0.561. The summed E-state index contributed by atoms with van der Waals surface area (Å²) < 4.78 is 18.6. The smallest absolute Gasteiger partial charge is 0.270 e. The zero-order valence-electron chi connectivity index (χ0n) is 13.2. The maximum atomic E-state index is 13.3. The molecule has 0 bridgehead atoms. The second-order valence-electron chi connectivity index (χ2n) is 6.41. The average Bonchev–Trinajstić information content (AvgIpc) is 3.18. The molecule has 2 fully saturated rings. The number of β-amino-alcohol motifs (C(OH)–C–C–N with tert-alkyl or cyclic N) is 1. The van der Waals surface area contributed by atoms with Crippen LogP contribution in [0.3, 0.4) is 0 Å². The van der Waals surface area contributed by atoms with Crippen LogP contribution in [0.25, 0.3) is 10.9 Å². The monoisotopic (exact) mass is 333 g/mol. The lowest BCUT2D eigenvalue weighted by molar-refractivity contribution is -0.00611. The number of aromatic nitrogens is 1. The van der Waals surface area contributed by atoms with Crippen molar-refractivity contribution in [1.82, 2.24) is 14.8 Å². The lowest BCUT2D eigenvalue weighted by Crippen LogP contribution is -2.49. The molecule has 2 aliphatic rings. The molecule has 2 atom stereocenters. The largest absolute Gasteiger partial charge is 0.390 e. The Morgan fingerprint density at radius 2 is 2.04 bits per heavy atom. The molecule has 24 heavy (non-hydrogen) atoms. The van der Waals surface area contributed by atoms with Crippen molar-refractivity contribution in [2.24, 2.45) is 0 Å². The predicted molar refractivity (Wildman–Crippen MR) is 86.3 cm³/mol. The fourth-order valence-electron chi connectivity index (χ4n) is 3.59. The summed E-state index contributed by atoms with van der Waals surface area (Å²) >= 11 is 0.